The van der Waals surface area contributed by atoms with Crippen molar-refractivity contribution in [1.29, 1.82) is 0 Å². The van der Waals surface area contributed by atoms with E-state index in [0.29, 0.717) is 53.9 Å². The molecule has 5 rings (SSSR count). The number of benzene rings is 1. The molecule has 2 saturated heterocycles. The molecule has 192 valence electrons. The first kappa shape index (κ1) is 24.7. The van der Waals surface area contributed by atoms with Crippen LogP contribution in [0.2, 0.25) is 5.02 Å². The van der Waals surface area contributed by atoms with Gasteiger partial charge in [0.15, 0.2) is 11.6 Å². The highest BCUT2D eigenvalue weighted by Gasteiger charge is 2.34. The smallest absolute Gasteiger partial charge is 0.324 e. The van der Waals surface area contributed by atoms with Gasteiger partial charge in [-0.15, -0.1) is 0 Å². The molecule has 0 radical (unpaired) electrons. The Labute approximate surface area is 214 Å². The minimum atomic E-state index is -0.335. The minimum absolute atomic E-state index is 0.156. The van der Waals surface area contributed by atoms with Crippen molar-refractivity contribution in [2.24, 2.45) is 11.7 Å². The summed E-state index contributed by atoms with van der Waals surface area (Å²) in [6, 6.07) is 5.10. The zero-order chi connectivity index (χ0) is 25.2. The van der Waals surface area contributed by atoms with Crippen molar-refractivity contribution in [3.05, 3.63) is 52.8 Å². The maximum atomic E-state index is 14.4. The largest absolute Gasteiger partial charge is 0.490 e. The number of hydrogen-bond donors (Lipinski definition) is 1. The summed E-state index contributed by atoms with van der Waals surface area (Å²) in [7, 11) is 0. The van der Waals surface area contributed by atoms with Crippen LogP contribution in [0, 0.1) is 11.7 Å². The summed E-state index contributed by atoms with van der Waals surface area (Å²) in [5, 5.41) is 4.43. The lowest BCUT2D eigenvalue weighted by Crippen LogP contribution is -2.35. The molecule has 2 aliphatic rings. The van der Waals surface area contributed by atoms with Crippen LogP contribution < -0.4 is 20.3 Å². The maximum absolute atomic E-state index is 14.4. The molecule has 11 heteroatoms. The van der Waals surface area contributed by atoms with E-state index >= 15 is 0 Å². The molecular weight excluding hydrogens is 485 g/mol. The molecular formula is C25H31ClFN7O2. The molecule has 0 aliphatic carbocycles. The summed E-state index contributed by atoms with van der Waals surface area (Å²) in [4.78, 5) is 17.6. The van der Waals surface area contributed by atoms with Crippen LogP contribution in [0.1, 0.15) is 49.9 Å². The van der Waals surface area contributed by atoms with Gasteiger partial charge in [0.05, 0.1) is 19.0 Å². The highest BCUT2D eigenvalue weighted by Crippen LogP contribution is 2.32. The first-order chi connectivity index (χ1) is 17.4. The normalized spacial score (nSPS) is 20.9. The van der Waals surface area contributed by atoms with Crippen LogP contribution in [-0.2, 0) is 0 Å². The second kappa shape index (κ2) is 10.6. The van der Waals surface area contributed by atoms with Crippen molar-refractivity contribution in [1.82, 2.24) is 20.1 Å². The first-order valence-corrected chi connectivity index (χ1v) is 12.7. The monoisotopic (exact) mass is 515 g/mol. The molecule has 0 unspecified atom stereocenters. The summed E-state index contributed by atoms with van der Waals surface area (Å²) >= 11 is 5.89. The van der Waals surface area contributed by atoms with Gasteiger partial charge in [0.2, 0.25) is 5.95 Å². The molecule has 4 heterocycles. The van der Waals surface area contributed by atoms with E-state index in [1.165, 1.54) is 6.07 Å². The van der Waals surface area contributed by atoms with Crippen LogP contribution in [0.3, 0.4) is 0 Å². The number of piperidine rings is 1. The van der Waals surface area contributed by atoms with E-state index in [2.05, 4.69) is 25.0 Å². The molecule has 3 aromatic rings. The SMILES string of the molecule is CC(C)c1noc(N2CCC(COc3cnc(N4C[C@@H](N)[C@H](c5ccc(Cl)cc5F)C4)nc3)CC2)n1. The lowest BCUT2D eigenvalue weighted by molar-refractivity contribution is 0.219. The zero-order valence-electron chi connectivity index (χ0n) is 20.5. The van der Waals surface area contributed by atoms with Crippen molar-refractivity contribution in [3.63, 3.8) is 0 Å². The van der Waals surface area contributed by atoms with Gasteiger partial charge in [-0.25, -0.2) is 14.4 Å². The van der Waals surface area contributed by atoms with Crippen LogP contribution >= 0.6 is 11.6 Å². The lowest BCUT2D eigenvalue weighted by Gasteiger charge is -2.30. The van der Waals surface area contributed by atoms with Gasteiger partial charge >= 0.3 is 6.01 Å². The van der Waals surface area contributed by atoms with E-state index in [0.717, 1.165) is 31.8 Å². The van der Waals surface area contributed by atoms with Crippen molar-refractivity contribution in [2.75, 3.05) is 42.6 Å². The van der Waals surface area contributed by atoms with E-state index < -0.39 is 0 Å². The van der Waals surface area contributed by atoms with E-state index in [9.17, 15) is 4.39 Å². The quantitative estimate of drug-likeness (QED) is 0.499. The molecule has 0 amide bonds. The van der Waals surface area contributed by atoms with Crippen LogP contribution in [0.25, 0.3) is 0 Å². The Balaban J connectivity index is 1.11. The Kier molecular flexibility index (Phi) is 7.25. The van der Waals surface area contributed by atoms with E-state index in [-0.39, 0.29) is 23.7 Å². The highest BCUT2D eigenvalue weighted by atomic mass is 35.5. The van der Waals surface area contributed by atoms with Crippen molar-refractivity contribution < 1.29 is 13.7 Å². The van der Waals surface area contributed by atoms with Gasteiger partial charge in [-0.1, -0.05) is 36.7 Å². The molecule has 2 aliphatic heterocycles. The summed E-state index contributed by atoms with van der Waals surface area (Å²) in [6.07, 6.45) is 5.33. The molecule has 2 fully saturated rings. The number of hydrogen-bond acceptors (Lipinski definition) is 9. The third-order valence-electron chi connectivity index (χ3n) is 6.94. The van der Waals surface area contributed by atoms with Crippen LogP contribution in [-0.4, -0.2) is 58.9 Å². The lowest BCUT2D eigenvalue weighted by atomic mass is 9.94. The predicted octanol–water partition coefficient (Wildman–Crippen LogP) is 4.00. The topological polar surface area (TPSA) is 106 Å². The van der Waals surface area contributed by atoms with E-state index in [4.69, 9.17) is 26.6 Å². The fourth-order valence-electron chi connectivity index (χ4n) is 4.77. The number of anilines is 2. The third kappa shape index (κ3) is 5.39. The molecule has 0 spiro atoms. The van der Waals surface area contributed by atoms with Gasteiger partial charge in [-0.3, -0.25) is 0 Å². The van der Waals surface area contributed by atoms with Gasteiger partial charge in [0.25, 0.3) is 0 Å². The van der Waals surface area contributed by atoms with Crippen LogP contribution in [0.4, 0.5) is 16.4 Å². The molecule has 0 saturated carbocycles. The minimum Gasteiger partial charge on any atom is -0.490 e. The number of nitrogens with two attached hydrogens (primary N) is 1. The van der Waals surface area contributed by atoms with Gasteiger partial charge in [0.1, 0.15) is 5.82 Å². The van der Waals surface area contributed by atoms with E-state index in [1.54, 1.807) is 24.5 Å². The Morgan fingerprint density at radius 1 is 1.17 bits per heavy atom. The van der Waals surface area contributed by atoms with Crippen LogP contribution in [0.15, 0.2) is 35.1 Å². The van der Waals surface area contributed by atoms with Gasteiger partial charge in [-0.05, 0) is 36.5 Å². The first-order valence-electron chi connectivity index (χ1n) is 12.4. The second-order valence-corrected chi connectivity index (χ2v) is 10.3. The molecule has 9 nitrogen and oxygen atoms in total. The zero-order valence-corrected chi connectivity index (χ0v) is 21.2. The predicted molar refractivity (Wildman–Crippen MR) is 135 cm³/mol. The van der Waals surface area contributed by atoms with Crippen molar-refractivity contribution >= 4 is 23.6 Å². The molecule has 2 N–H and O–H groups in total. The molecule has 2 atom stereocenters. The van der Waals surface area contributed by atoms with Crippen LogP contribution in [0.5, 0.6) is 5.75 Å². The third-order valence-corrected chi connectivity index (χ3v) is 7.18. The summed E-state index contributed by atoms with van der Waals surface area (Å²) in [5.74, 6) is 2.11. The number of halogens is 2. The Morgan fingerprint density at radius 2 is 1.92 bits per heavy atom. The standard InChI is InChI=1S/C25H31ClFN7O2/c1-15(2)23-31-25(36-32-23)33-7-5-16(6-8-33)14-35-18-10-29-24(30-11-18)34-12-20(22(28)13-34)19-4-3-17(26)9-21(19)27/h3-4,9-11,15-16,20,22H,5-8,12-14,28H2,1-2H3/t20-,22+/m0/s1. The summed E-state index contributed by atoms with van der Waals surface area (Å²) < 4.78 is 25.8. The van der Waals surface area contributed by atoms with Crippen molar-refractivity contribution in [3.8, 4) is 5.75 Å². The van der Waals surface area contributed by atoms with Gasteiger partial charge in [-0.2, -0.15) is 4.98 Å². The highest BCUT2D eigenvalue weighted by molar-refractivity contribution is 6.30. The number of aromatic nitrogens is 4. The number of nitrogens with zero attached hydrogens (tertiary/aromatic N) is 6. The average Bonchev–Trinajstić information content (AvgIpc) is 3.51. The Bertz CT molecular complexity index is 1170. The molecule has 36 heavy (non-hydrogen) atoms. The molecule has 0 bridgehead atoms. The molecule has 1 aromatic carbocycles. The summed E-state index contributed by atoms with van der Waals surface area (Å²) in [5.41, 5.74) is 6.90. The summed E-state index contributed by atoms with van der Waals surface area (Å²) in [6.45, 7) is 7.49. The van der Waals surface area contributed by atoms with E-state index in [1.807, 2.05) is 18.7 Å². The Hall–Kier alpha value is -2.98. The number of ether oxygens (including phenoxy) is 1. The number of rotatable bonds is 7. The fraction of sp³-hybridized carbons (Fsp3) is 0.520. The average molecular weight is 516 g/mol. The van der Waals surface area contributed by atoms with Gasteiger partial charge in [0, 0.05) is 49.1 Å². The fourth-order valence-corrected chi connectivity index (χ4v) is 4.92. The van der Waals surface area contributed by atoms with Crippen molar-refractivity contribution in [2.45, 2.75) is 44.6 Å². The Morgan fingerprint density at radius 3 is 2.58 bits per heavy atom. The maximum Gasteiger partial charge on any atom is 0.324 e. The second-order valence-electron chi connectivity index (χ2n) is 9.89. The molecule has 2 aromatic heterocycles. The van der Waals surface area contributed by atoms with Gasteiger partial charge < -0.3 is 24.8 Å².